The second kappa shape index (κ2) is 4.15. The van der Waals surface area contributed by atoms with Crippen molar-refractivity contribution in [2.45, 2.75) is 19.3 Å². The molecule has 1 aromatic carbocycles. The topological polar surface area (TPSA) is 34.1 Å². The average Bonchev–Trinajstić information content (AvgIpc) is 2.23. The molecule has 2 rings (SSSR count). The number of carbonyl (C=O) groups is 2. The summed E-state index contributed by atoms with van der Waals surface area (Å²) >= 11 is 6.01. The molecule has 1 unspecified atom stereocenters. The van der Waals surface area contributed by atoms with Gasteiger partial charge in [0.15, 0.2) is 5.78 Å². The minimum absolute atomic E-state index is 0.0610. The van der Waals surface area contributed by atoms with Crippen LogP contribution in [0.2, 0.25) is 5.02 Å². The molecular formula is C12H11ClO2. The molecule has 0 saturated carbocycles. The minimum atomic E-state index is -0.145. The Morgan fingerprint density at radius 3 is 3.00 bits per heavy atom. The summed E-state index contributed by atoms with van der Waals surface area (Å²) in [5, 5.41) is 0.658. The SMILES string of the molecule is O=CCC1CCc2c(Cl)cccc2C1=O. The van der Waals surface area contributed by atoms with Gasteiger partial charge in [-0.2, -0.15) is 0 Å². The number of hydrogen-bond acceptors (Lipinski definition) is 2. The van der Waals surface area contributed by atoms with Crippen LogP contribution in [0, 0.1) is 5.92 Å². The van der Waals surface area contributed by atoms with Crippen LogP contribution in [0.4, 0.5) is 0 Å². The van der Waals surface area contributed by atoms with Gasteiger partial charge in [-0.15, -0.1) is 0 Å². The highest BCUT2D eigenvalue weighted by atomic mass is 35.5. The van der Waals surface area contributed by atoms with Gasteiger partial charge in [-0.05, 0) is 24.5 Å². The smallest absolute Gasteiger partial charge is 0.166 e. The van der Waals surface area contributed by atoms with Crippen LogP contribution in [-0.2, 0) is 11.2 Å². The predicted octanol–water partition coefficient (Wildman–Crippen LogP) is 2.67. The molecule has 0 radical (unpaired) electrons. The summed E-state index contributed by atoms with van der Waals surface area (Å²) in [5.41, 5.74) is 1.63. The van der Waals surface area contributed by atoms with E-state index in [0.29, 0.717) is 17.0 Å². The third-order valence-corrected chi connectivity index (χ3v) is 3.23. The lowest BCUT2D eigenvalue weighted by molar-refractivity contribution is -0.108. The zero-order valence-corrected chi connectivity index (χ0v) is 8.96. The maximum atomic E-state index is 11.9. The fourth-order valence-electron chi connectivity index (χ4n) is 2.05. The number of hydrogen-bond donors (Lipinski definition) is 0. The minimum Gasteiger partial charge on any atom is -0.303 e. The first kappa shape index (κ1) is 10.4. The Hall–Kier alpha value is -1.15. The largest absolute Gasteiger partial charge is 0.303 e. The van der Waals surface area contributed by atoms with Crippen molar-refractivity contribution in [1.82, 2.24) is 0 Å². The van der Waals surface area contributed by atoms with Crippen molar-refractivity contribution in [3.63, 3.8) is 0 Å². The van der Waals surface area contributed by atoms with Gasteiger partial charge in [-0.25, -0.2) is 0 Å². The van der Waals surface area contributed by atoms with Gasteiger partial charge in [0.05, 0.1) is 0 Å². The molecule has 1 aromatic rings. The summed E-state index contributed by atoms with van der Waals surface area (Å²) in [7, 11) is 0. The third-order valence-electron chi connectivity index (χ3n) is 2.88. The van der Waals surface area contributed by atoms with Gasteiger partial charge >= 0.3 is 0 Å². The first-order chi connectivity index (χ1) is 7.24. The zero-order valence-electron chi connectivity index (χ0n) is 8.20. The normalized spacial score (nSPS) is 19.8. The molecule has 1 atom stereocenters. The van der Waals surface area contributed by atoms with Crippen molar-refractivity contribution in [3.05, 3.63) is 34.3 Å². The van der Waals surface area contributed by atoms with Crippen molar-refractivity contribution in [1.29, 1.82) is 0 Å². The highest BCUT2D eigenvalue weighted by Gasteiger charge is 2.27. The second-order valence-corrected chi connectivity index (χ2v) is 4.18. The van der Waals surface area contributed by atoms with Crippen LogP contribution >= 0.6 is 11.6 Å². The van der Waals surface area contributed by atoms with Gasteiger partial charge in [0.1, 0.15) is 6.29 Å². The Labute approximate surface area is 93.2 Å². The molecule has 1 aliphatic carbocycles. The van der Waals surface area contributed by atoms with Crippen LogP contribution < -0.4 is 0 Å². The van der Waals surface area contributed by atoms with E-state index in [1.807, 2.05) is 0 Å². The van der Waals surface area contributed by atoms with E-state index < -0.39 is 0 Å². The molecule has 0 aromatic heterocycles. The zero-order chi connectivity index (χ0) is 10.8. The average molecular weight is 223 g/mol. The standard InChI is InChI=1S/C12H11ClO2/c13-11-3-1-2-10-9(11)5-4-8(6-7-14)12(10)15/h1-3,7-8H,4-6H2. The number of halogens is 1. The monoisotopic (exact) mass is 222 g/mol. The maximum absolute atomic E-state index is 11.9. The van der Waals surface area contributed by atoms with Crippen LogP contribution in [0.15, 0.2) is 18.2 Å². The summed E-state index contributed by atoms with van der Waals surface area (Å²) in [5.74, 6) is -0.0840. The van der Waals surface area contributed by atoms with Gasteiger partial charge in [-0.3, -0.25) is 4.79 Å². The molecule has 0 aliphatic heterocycles. The lowest BCUT2D eigenvalue weighted by atomic mass is 9.81. The molecule has 0 fully saturated rings. The Balaban J connectivity index is 2.38. The lowest BCUT2D eigenvalue weighted by Crippen LogP contribution is -2.23. The van der Waals surface area contributed by atoms with Crippen LogP contribution in [0.5, 0.6) is 0 Å². The Morgan fingerprint density at radius 1 is 1.47 bits per heavy atom. The maximum Gasteiger partial charge on any atom is 0.166 e. The number of Topliss-reactive ketones (excluding diaryl/α,β-unsaturated/α-hetero) is 1. The van der Waals surface area contributed by atoms with Gasteiger partial charge in [-0.1, -0.05) is 23.7 Å². The highest BCUT2D eigenvalue weighted by molar-refractivity contribution is 6.32. The molecule has 0 bridgehead atoms. The van der Waals surface area contributed by atoms with Crippen molar-refractivity contribution in [2.24, 2.45) is 5.92 Å². The summed E-state index contributed by atoms with van der Waals surface area (Å²) in [6.07, 6.45) is 2.66. The predicted molar refractivity (Wildman–Crippen MR) is 58.3 cm³/mol. The Kier molecular flexibility index (Phi) is 2.87. The molecule has 0 spiro atoms. The molecule has 1 aliphatic rings. The quantitative estimate of drug-likeness (QED) is 0.721. The molecule has 0 saturated heterocycles. The summed E-state index contributed by atoms with van der Waals surface area (Å²) in [6.45, 7) is 0. The van der Waals surface area contributed by atoms with Crippen LogP contribution in [0.1, 0.15) is 28.8 Å². The summed E-state index contributed by atoms with van der Waals surface area (Å²) in [4.78, 5) is 22.4. The van der Waals surface area contributed by atoms with Gasteiger partial charge in [0, 0.05) is 22.9 Å². The first-order valence-electron chi connectivity index (χ1n) is 4.99. The van der Waals surface area contributed by atoms with E-state index in [4.69, 9.17) is 11.6 Å². The van der Waals surface area contributed by atoms with Gasteiger partial charge < -0.3 is 4.79 Å². The van der Waals surface area contributed by atoms with E-state index in [9.17, 15) is 9.59 Å². The Bertz CT molecular complexity index is 412. The van der Waals surface area contributed by atoms with Gasteiger partial charge in [0.2, 0.25) is 0 Å². The number of rotatable bonds is 2. The molecule has 15 heavy (non-hydrogen) atoms. The lowest BCUT2D eigenvalue weighted by Gasteiger charge is -2.22. The summed E-state index contributed by atoms with van der Waals surface area (Å²) in [6, 6.07) is 5.37. The van der Waals surface area contributed by atoms with Crippen molar-refractivity contribution in [3.8, 4) is 0 Å². The number of fused-ring (bicyclic) bond motifs is 1. The first-order valence-corrected chi connectivity index (χ1v) is 5.37. The second-order valence-electron chi connectivity index (χ2n) is 3.77. The molecular weight excluding hydrogens is 212 g/mol. The van der Waals surface area contributed by atoms with Gasteiger partial charge in [0.25, 0.3) is 0 Å². The van der Waals surface area contributed by atoms with E-state index in [-0.39, 0.29) is 11.7 Å². The fourth-order valence-corrected chi connectivity index (χ4v) is 2.32. The molecule has 0 heterocycles. The van der Waals surface area contributed by atoms with Crippen molar-refractivity contribution in [2.75, 3.05) is 0 Å². The molecule has 2 nitrogen and oxygen atoms in total. The highest BCUT2D eigenvalue weighted by Crippen LogP contribution is 2.31. The number of ketones is 1. The van der Waals surface area contributed by atoms with Crippen LogP contribution in [0.25, 0.3) is 0 Å². The summed E-state index contributed by atoms with van der Waals surface area (Å²) < 4.78 is 0. The third kappa shape index (κ3) is 1.82. The van der Waals surface area contributed by atoms with Crippen LogP contribution in [0.3, 0.4) is 0 Å². The molecule has 78 valence electrons. The van der Waals surface area contributed by atoms with Crippen molar-refractivity contribution >= 4 is 23.7 Å². The van der Waals surface area contributed by atoms with E-state index in [1.165, 1.54) is 0 Å². The molecule has 0 amide bonds. The number of benzene rings is 1. The molecule has 0 N–H and O–H groups in total. The molecule has 3 heteroatoms. The van der Waals surface area contributed by atoms with E-state index in [1.54, 1.807) is 18.2 Å². The van der Waals surface area contributed by atoms with Crippen LogP contribution in [-0.4, -0.2) is 12.1 Å². The van der Waals surface area contributed by atoms with E-state index >= 15 is 0 Å². The van der Waals surface area contributed by atoms with Crippen molar-refractivity contribution < 1.29 is 9.59 Å². The Morgan fingerprint density at radius 2 is 2.27 bits per heavy atom. The van der Waals surface area contributed by atoms with E-state index in [2.05, 4.69) is 0 Å². The van der Waals surface area contributed by atoms with E-state index in [0.717, 1.165) is 24.7 Å². The number of carbonyl (C=O) groups excluding carboxylic acids is 2. The number of aldehydes is 1. The fraction of sp³-hybridized carbons (Fsp3) is 0.333.